The van der Waals surface area contributed by atoms with Gasteiger partial charge in [-0.2, -0.15) is 0 Å². The van der Waals surface area contributed by atoms with E-state index < -0.39 is 0 Å². The molecule has 5 nitrogen and oxygen atoms in total. The van der Waals surface area contributed by atoms with Gasteiger partial charge in [0.25, 0.3) is 5.91 Å². The molecule has 0 unspecified atom stereocenters. The van der Waals surface area contributed by atoms with Gasteiger partial charge >= 0.3 is 0 Å². The van der Waals surface area contributed by atoms with Crippen molar-refractivity contribution in [2.45, 2.75) is 34.1 Å². The van der Waals surface area contributed by atoms with Gasteiger partial charge in [0.1, 0.15) is 0 Å². The van der Waals surface area contributed by atoms with Crippen LogP contribution in [0.5, 0.6) is 11.5 Å². The van der Waals surface area contributed by atoms with Crippen LogP contribution in [0.4, 0.5) is 0 Å². The molecule has 5 heteroatoms. The van der Waals surface area contributed by atoms with Crippen molar-refractivity contribution < 1.29 is 14.3 Å². The zero-order valence-corrected chi connectivity index (χ0v) is 16.0. The molecule has 1 amide bonds. The molecule has 1 saturated heterocycles. The molecule has 1 aromatic rings. The number of nitrogens with zero attached hydrogens (tertiary/aromatic N) is 1. The molecule has 1 heterocycles. The summed E-state index contributed by atoms with van der Waals surface area (Å²) in [5.41, 5.74) is 0.604. The van der Waals surface area contributed by atoms with Gasteiger partial charge in [-0.3, -0.25) is 4.79 Å². The number of rotatable bonds is 8. The van der Waals surface area contributed by atoms with E-state index in [0.717, 1.165) is 31.5 Å². The fourth-order valence-electron chi connectivity index (χ4n) is 3.60. The summed E-state index contributed by atoms with van der Waals surface area (Å²) in [7, 11) is 0. The Balaban J connectivity index is 1.88. The summed E-state index contributed by atoms with van der Waals surface area (Å²) < 4.78 is 11.1. The minimum Gasteiger partial charge on any atom is -0.490 e. The molecule has 1 fully saturated rings. The van der Waals surface area contributed by atoms with E-state index in [-0.39, 0.29) is 5.91 Å². The van der Waals surface area contributed by atoms with Crippen molar-refractivity contribution in [3.05, 3.63) is 23.8 Å². The molecule has 0 spiro atoms. The van der Waals surface area contributed by atoms with E-state index in [1.54, 1.807) is 18.2 Å². The fraction of sp³-hybridized carbons (Fsp3) is 0.650. The largest absolute Gasteiger partial charge is 0.490 e. The summed E-state index contributed by atoms with van der Waals surface area (Å²) in [6.45, 7) is 13.4. The lowest BCUT2D eigenvalue weighted by Gasteiger charge is -2.34. The Hall–Kier alpha value is -1.75. The highest BCUT2D eigenvalue weighted by Gasteiger charge is 2.21. The maximum Gasteiger partial charge on any atom is 0.251 e. The maximum atomic E-state index is 12.4. The highest BCUT2D eigenvalue weighted by atomic mass is 16.5. The Labute approximate surface area is 151 Å². The van der Waals surface area contributed by atoms with E-state index in [4.69, 9.17) is 9.47 Å². The van der Waals surface area contributed by atoms with Gasteiger partial charge in [-0.25, -0.2) is 0 Å². The van der Waals surface area contributed by atoms with E-state index in [1.807, 2.05) is 13.8 Å². The second-order valence-corrected chi connectivity index (χ2v) is 6.99. The highest BCUT2D eigenvalue weighted by molar-refractivity contribution is 5.94. The number of hydrogen-bond acceptors (Lipinski definition) is 4. The molecule has 1 N–H and O–H groups in total. The number of carbonyl (C=O) groups is 1. The second kappa shape index (κ2) is 9.66. The van der Waals surface area contributed by atoms with Crippen LogP contribution in [-0.4, -0.2) is 50.2 Å². The third-order valence-electron chi connectivity index (χ3n) is 4.46. The Morgan fingerprint density at radius 1 is 1.12 bits per heavy atom. The number of carbonyl (C=O) groups excluding carboxylic acids is 1. The maximum absolute atomic E-state index is 12.4. The first-order valence-electron chi connectivity index (χ1n) is 9.43. The lowest BCUT2D eigenvalue weighted by atomic mass is 9.92. The molecule has 1 aromatic carbocycles. The third-order valence-corrected chi connectivity index (χ3v) is 4.46. The van der Waals surface area contributed by atoms with Crippen molar-refractivity contribution in [1.29, 1.82) is 0 Å². The van der Waals surface area contributed by atoms with Gasteiger partial charge in [0.15, 0.2) is 11.5 Å². The van der Waals surface area contributed by atoms with Gasteiger partial charge in [-0.15, -0.1) is 0 Å². The molecular weight excluding hydrogens is 316 g/mol. The summed E-state index contributed by atoms with van der Waals surface area (Å²) in [4.78, 5) is 14.9. The number of nitrogens with one attached hydrogen (secondary N) is 1. The average molecular weight is 348 g/mol. The van der Waals surface area contributed by atoms with Crippen LogP contribution >= 0.6 is 0 Å². The summed E-state index contributed by atoms with van der Waals surface area (Å²) in [5, 5.41) is 3.02. The van der Waals surface area contributed by atoms with Crippen LogP contribution in [0.1, 0.15) is 44.5 Å². The van der Waals surface area contributed by atoms with Crippen molar-refractivity contribution in [3.8, 4) is 11.5 Å². The van der Waals surface area contributed by atoms with Crippen molar-refractivity contribution >= 4 is 5.91 Å². The van der Waals surface area contributed by atoms with E-state index >= 15 is 0 Å². The Kier molecular flexibility index (Phi) is 7.56. The highest BCUT2D eigenvalue weighted by Crippen LogP contribution is 2.28. The molecule has 0 aromatic heterocycles. The minimum atomic E-state index is -0.0675. The smallest absolute Gasteiger partial charge is 0.251 e. The Bertz CT molecular complexity index is 552. The van der Waals surface area contributed by atoms with Crippen molar-refractivity contribution in [2.24, 2.45) is 11.8 Å². The molecule has 25 heavy (non-hydrogen) atoms. The number of benzene rings is 1. The zero-order chi connectivity index (χ0) is 18.2. The fourth-order valence-corrected chi connectivity index (χ4v) is 3.60. The molecule has 0 bridgehead atoms. The molecule has 1 aliphatic heterocycles. The van der Waals surface area contributed by atoms with E-state index in [2.05, 4.69) is 24.1 Å². The normalized spacial score (nSPS) is 21.0. The van der Waals surface area contributed by atoms with E-state index in [0.29, 0.717) is 36.8 Å². The predicted octanol–water partition coefficient (Wildman–Crippen LogP) is 3.19. The lowest BCUT2D eigenvalue weighted by Crippen LogP contribution is -2.42. The van der Waals surface area contributed by atoms with Gasteiger partial charge in [-0.1, -0.05) is 13.8 Å². The monoisotopic (exact) mass is 348 g/mol. The van der Waals surface area contributed by atoms with Crippen LogP contribution in [0.15, 0.2) is 18.2 Å². The SMILES string of the molecule is CCOc1ccc(C(=O)NCCN2C[C@@H](C)C[C@H](C)C2)cc1OCC. The summed E-state index contributed by atoms with van der Waals surface area (Å²) in [6, 6.07) is 5.35. The van der Waals surface area contributed by atoms with Crippen LogP contribution < -0.4 is 14.8 Å². The summed E-state index contributed by atoms with van der Waals surface area (Å²) >= 11 is 0. The summed E-state index contributed by atoms with van der Waals surface area (Å²) in [6.07, 6.45) is 1.30. The lowest BCUT2D eigenvalue weighted by molar-refractivity contribution is 0.0936. The first-order valence-corrected chi connectivity index (χ1v) is 9.43. The molecule has 0 saturated carbocycles. The van der Waals surface area contributed by atoms with Crippen molar-refractivity contribution in [2.75, 3.05) is 39.4 Å². The molecule has 140 valence electrons. The number of likely N-dealkylation sites (tertiary alicyclic amines) is 1. The standard InChI is InChI=1S/C20H32N2O3/c1-5-24-18-8-7-17(12-19(18)25-6-2)20(23)21-9-10-22-13-15(3)11-16(4)14-22/h7-8,12,15-16H,5-6,9-11,13-14H2,1-4H3,(H,21,23)/t15-,16-/m0/s1. The number of hydrogen-bond donors (Lipinski definition) is 1. The van der Waals surface area contributed by atoms with Crippen LogP contribution in [0.2, 0.25) is 0 Å². The van der Waals surface area contributed by atoms with Crippen LogP contribution in [-0.2, 0) is 0 Å². The van der Waals surface area contributed by atoms with Gasteiger partial charge in [-0.05, 0) is 50.3 Å². The van der Waals surface area contributed by atoms with Crippen molar-refractivity contribution in [1.82, 2.24) is 10.2 Å². The van der Waals surface area contributed by atoms with Crippen LogP contribution in [0.25, 0.3) is 0 Å². The number of piperidine rings is 1. The molecule has 2 atom stereocenters. The van der Waals surface area contributed by atoms with Crippen molar-refractivity contribution in [3.63, 3.8) is 0 Å². The third kappa shape index (κ3) is 5.92. The Morgan fingerprint density at radius 3 is 2.40 bits per heavy atom. The quantitative estimate of drug-likeness (QED) is 0.784. The minimum absolute atomic E-state index is 0.0675. The molecule has 1 aliphatic rings. The average Bonchev–Trinajstić information content (AvgIpc) is 2.56. The first-order chi connectivity index (χ1) is 12.0. The van der Waals surface area contributed by atoms with Gasteiger partial charge < -0.3 is 19.7 Å². The van der Waals surface area contributed by atoms with Crippen LogP contribution in [0, 0.1) is 11.8 Å². The molecule has 0 aliphatic carbocycles. The number of ether oxygens (including phenoxy) is 2. The summed E-state index contributed by atoms with van der Waals surface area (Å²) in [5.74, 6) is 2.70. The first kappa shape index (κ1) is 19.6. The second-order valence-electron chi connectivity index (χ2n) is 6.99. The van der Waals surface area contributed by atoms with Gasteiger partial charge in [0.05, 0.1) is 13.2 Å². The molecular formula is C20H32N2O3. The molecule has 0 radical (unpaired) electrons. The van der Waals surface area contributed by atoms with Crippen LogP contribution in [0.3, 0.4) is 0 Å². The predicted molar refractivity (Wildman–Crippen MR) is 100 cm³/mol. The Morgan fingerprint density at radius 2 is 1.76 bits per heavy atom. The van der Waals surface area contributed by atoms with Gasteiger partial charge in [0, 0.05) is 31.7 Å². The van der Waals surface area contributed by atoms with Gasteiger partial charge in [0.2, 0.25) is 0 Å². The molecule has 2 rings (SSSR count). The number of amides is 1. The van der Waals surface area contributed by atoms with E-state index in [9.17, 15) is 4.79 Å². The topological polar surface area (TPSA) is 50.8 Å². The zero-order valence-electron chi connectivity index (χ0n) is 16.0. The van der Waals surface area contributed by atoms with E-state index in [1.165, 1.54) is 6.42 Å².